The van der Waals surface area contributed by atoms with Gasteiger partial charge >= 0.3 is 6.03 Å². The number of nitrogens with two attached hydrogens (primary N) is 1. The van der Waals surface area contributed by atoms with Gasteiger partial charge in [-0.15, -0.1) is 0 Å². The summed E-state index contributed by atoms with van der Waals surface area (Å²) in [4.78, 5) is 21.5. The molecule has 0 aliphatic carbocycles. The fourth-order valence-corrected chi connectivity index (χ4v) is 1.13. The molecule has 0 saturated heterocycles. The minimum Gasteiger partial charge on any atom is -0.356 e. The molecule has 0 aliphatic heterocycles. The van der Waals surface area contributed by atoms with Crippen molar-refractivity contribution in [3.8, 4) is 0 Å². The number of amides is 3. The zero-order valence-electron chi connectivity index (χ0n) is 9.51. The van der Waals surface area contributed by atoms with Gasteiger partial charge in [0.05, 0.1) is 0 Å². The molecule has 5 nitrogen and oxygen atoms in total. The van der Waals surface area contributed by atoms with Gasteiger partial charge in [-0.2, -0.15) is 0 Å². The molecule has 0 rings (SSSR count). The number of hydrogen-bond donors (Lipinski definition) is 3. The van der Waals surface area contributed by atoms with Crippen LogP contribution in [-0.4, -0.2) is 25.0 Å². The van der Waals surface area contributed by atoms with Crippen LogP contribution in [0, 0.1) is 5.92 Å². The molecular formula is C10H21N3O2. The fourth-order valence-electron chi connectivity index (χ4n) is 1.13. The van der Waals surface area contributed by atoms with Crippen molar-refractivity contribution in [2.75, 3.05) is 13.1 Å². The lowest BCUT2D eigenvalue weighted by Gasteiger charge is -2.06. The predicted molar refractivity (Wildman–Crippen MR) is 59.3 cm³/mol. The van der Waals surface area contributed by atoms with E-state index in [4.69, 9.17) is 5.73 Å². The summed E-state index contributed by atoms with van der Waals surface area (Å²) in [5.41, 5.74) is 4.89. The van der Waals surface area contributed by atoms with Crippen molar-refractivity contribution in [2.24, 2.45) is 11.7 Å². The summed E-state index contributed by atoms with van der Waals surface area (Å²) in [6, 6.07) is -0.501. The Labute approximate surface area is 90.8 Å². The van der Waals surface area contributed by atoms with Crippen molar-refractivity contribution < 1.29 is 9.59 Å². The minimum atomic E-state index is -0.501. The van der Waals surface area contributed by atoms with Gasteiger partial charge in [0.2, 0.25) is 5.91 Å². The van der Waals surface area contributed by atoms with Gasteiger partial charge in [-0.05, 0) is 18.8 Å². The molecule has 0 aromatic heterocycles. The number of carbonyl (C=O) groups is 2. The predicted octanol–water partition coefficient (Wildman–Crippen LogP) is 0.597. The average molecular weight is 215 g/mol. The molecule has 0 fully saturated rings. The Morgan fingerprint density at radius 3 is 2.13 bits per heavy atom. The third kappa shape index (κ3) is 10.7. The summed E-state index contributed by atoms with van der Waals surface area (Å²) in [6.45, 7) is 5.24. The first-order valence-corrected chi connectivity index (χ1v) is 5.32. The molecule has 15 heavy (non-hydrogen) atoms. The van der Waals surface area contributed by atoms with Crippen LogP contribution < -0.4 is 16.4 Å². The maximum absolute atomic E-state index is 11.2. The Morgan fingerprint density at radius 1 is 1.13 bits per heavy atom. The maximum Gasteiger partial charge on any atom is 0.312 e. The monoisotopic (exact) mass is 215 g/mol. The van der Waals surface area contributed by atoms with Crippen LogP contribution in [0.4, 0.5) is 4.79 Å². The van der Waals surface area contributed by atoms with E-state index >= 15 is 0 Å². The molecule has 3 amide bonds. The molecule has 4 N–H and O–H groups in total. The number of rotatable bonds is 7. The highest BCUT2D eigenvalue weighted by Gasteiger charge is 2.02. The number of unbranched alkanes of at least 4 members (excludes halogenated alkanes) is 1. The third-order valence-corrected chi connectivity index (χ3v) is 1.82. The smallest absolute Gasteiger partial charge is 0.312 e. The largest absolute Gasteiger partial charge is 0.356 e. The zero-order chi connectivity index (χ0) is 11.7. The lowest BCUT2D eigenvalue weighted by molar-refractivity contribution is -0.121. The van der Waals surface area contributed by atoms with Crippen LogP contribution in [0.1, 0.15) is 33.1 Å². The molecule has 0 unspecified atom stereocenters. The summed E-state index contributed by atoms with van der Waals surface area (Å²) in [6.07, 6.45) is 2.24. The highest BCUT2D eigenvalue weighted by molar-refractivity contribution is 5.75. The van der Waals surface area contributed by atoms with Crippen molar-refractivity contribution in [1.82, 2.24) is 10.6 Å². The highest BCUT2D eigenvalue weighted by Crippen LogP contribution is 1.98. The molecule has 0 aliphatic rings. The van der Waals surface area contributed by atoms with Gasteiger partial charge in [0.1, 0.15) is 0 Å². The van der Waals surface area contributed by atoms with Gasteiger partial charge in [-0.1, -0.05) is 13.8 Å². The van der Waals surface area contributed by atoms with E-state index in [1.165, 1.54) is 0 Å². The van der Waals surface area contributed by atoms with E-state index in [1.54, 1.807) is 0 Å². The highest BCUT2D eigenvalue weighted by atomic mass is 16.2. The SMILES string of the molecule is CC(C)CC(=O)NCCCCNC(N)=O. The van der Waals surface area contributed by atoms with Crippen molar-refractivity contribution >= 4 is 11.9 Å². The molecule has 5 heteroatoms. The molecule has 0 saturated carbocycles. The van der Waals surface area contributed by atoms with Gasteiger partial charge in [0.25, 0.3) is 0 Å². The van der Waals surface area contributed by atoms with Gasteiger partial charge in [0, 0.05) is 19.5 Å². The van der Waals surface area contributed by atoms with E-state index in [0.29, 0.717) is 25.4 Å². The first-order valence-electron chi connectivity index (χ1n) is 5.32. The summed E-state index contributed by atoms with van der Waals surface area (Å²) >= 11 is 0. The van der Waals surface area contributed by atoms with E-state index in [9.17, 15) is 9.59 Å². The van der Waals surface area contributed by atoms with E-state index in [-0.39, 0.29) is 5.91 Å². The molecule has 0 heterocycles. The number of urea groups is 1. The normalized spacial score (nSPS) is 10.1. The Hall–Kier alpha value is -1.26. The van der Waals surface area contributed by atoms with Crippen LogP contribution in [0.3, 0.4) is 0 Å². The number of hydrogen-bond acceptors (Lipinski definition) is 2. The molecule has 0 aromatic carbocycles. The minimum absolute atomic E-state index is 0.0906. The third-order valence-electron chi connectivity index (χ3n) is 1.82. The van der Waals surface area contributed by atoms with Crippen LogP contribution in [0.15, 0.2) is 0 Å². The lowest BCUT2D eigenvalue weighted by Crippen LogP contribution is -2.31. The van der Waals surface area contributed by atoms with Crippen molar-refractivity contribution in [1.29, 1.82) is 0 Å². The van der Waals surface area contributed by atoms with Crippen LogP contribution >= 0.6 is 0 Å². The molecule has 0 spiro atoms. The van der Waals surface area contributed by atoms with Crippen molar-refractivity contribution in [3.63, 3.8) is 0 Å². The van der Waals surface area contributed by atoms with Gasteiger partial charge < -0.3 is 16.4 Å². The Morgan fingerprint density at radius 2 is 1.67 bits per heavy atom. The van der Waals surface area contributed by atoms with Gasteiger partial charge in [0.15, 0.2) is 0 Å². The van der Waals surface area contributed by atoms with Crippen LogP contribution in [-0.2, 0) is 4.79 Å². The second kappa shape index (κ2) is 8.08. The second-order valence-corrected chi connectivity index (χ2v) is 3.95. The maximum atomic E-state index is 11.2. The Bertz CT molecular complexity index is 205. The molecule has 0 bridgehead atoms. The quantitative estimate of drug-likeness (QED) is 0.543. The van der Waals surface area contributed by atoms with E-state index in [1.807, 2.05) is 13.8 Å². The summed E-state index contributed by atoms with van der Waals surface area (Å²) in [7, 11) is 0. The molecular weight excluding hydrogens is 194 g/mol. The average Bonchev–Trinajstić information content (AvgIpc) is 2.09. The van der Waals surface area contributed by atoms with Gasteiger partial charge in [-0.25, -0.2) is 4.79 Å². The van der Waals surface area contributed by atoms with Crippen molar-refractivity contribution in [2.45, 2.75) is 33.1 Å². The van der Waals surface area contributed by atoms with Gasteiger partial charge in [-0.3, -0.25) is 4.79 Å². The first kappa shape index (κ1) is 13.7. The van der Waals surface area contributed by atoms with Crippen LogP contribution in [0.5, 0.6) is 0 Å². The van der Waals surface area contributed by atoms with E-state index in [2.05, 4.69) is 10.6 Å². The summed E-state index contributed by atoms with van der Waals surface area (Å²) < 4.78 is 0. The molecule has 0 atom stereocenters. The second-order valence-electron chi connectivity index (χ2n) is 3.95. The summed E-state index contributed by atoms with van der Waals surface area (Å²) in [5.74, 6) is 0.481. The standard InChI is InChI=1S/C10H21N3O2/c1-8(2)7-9(14)12-5-3-4-6-13-10(11)15/h8H,3-7H2,1-2H3,(H,12,14)(H3,11,13,15). The van der Waals surface area contributed by atoms with Crippen molar-refractivity contribution in [3.05, 3.63) is 0 Å². The number of nitrogens with one attached hydrogen (secondary N) is 2. The fraction of sp³-hybridized carbons (Fsp3) is 0.800. The number of carbonyl (C=O) groups excluding carboxylic acids is 2. The Kier molecular flexibility index (Phi) is 7.40. The van der Waals surface area contributed by atoms with Crippen LogP contribution in [0.25, 0.3) is 0 Å². The Balaban J connectivity index is 3.24. The first-order chi connectivity index (χ1) is 7.02. The molecule has 0 aromatic rings. The number of primary amides is 1. The molecule has 0 radical (unpaired) electrons. The van der Waals surface area contributed by atoms with E-state index < -0.39 is 6.03 Å². The van der Waals surface area contributed by atoms with Crippen LogP contribution in [0.2, 0.25) is 0 Å². The zero-order valence-corrected chi connectivity index (χ0v) is 9.51. The van der Waals surface area contributed by atoms with E-state index in [0.717, 1.165) is 12.8 Å². The summed E-state index contributed by atoms with van der Waals surface area (Å²) in [5, 5.41) is 5.31. The molecule has 88 valence electrons. The lowest BCUT2D eigenvalue weighted by atomic mass is 10.1. The topological polar surface area (TPSA) is 84.2 Å².